The molecule has 0 spiro atoms. The summed E-state index contributed by atoms with van der Waals surface area (Å²) in [4.78, 5) is 11.6. The second-order valence-electron chi connectivity index (χ2n) is 4.74. The van der Waals surface area contributed by atoms with Crippen molar-refractivity contribution in [1.29, 1.82) is 0 Å². The topological polar surface area (TPSA) is 39.0 Å². The molecule has 1 N–H and O–H groups in total. The molecule has 98 valence electrons. The standard InChI is InChI=1S/C13H25N3O/c1-4-8-14-12(2)7-5-6-9-16-11-10-15(3)13(16)17/h10-12,14H,4-9H2,1-3H3. The Morgan fingerprint density at radius 2 is 2.12 bits per heavy atom. The van der Waals surface area contributed by atoms with Gasteiger partial charge in [-0.1, -0.05) is 13.3 Å². The maximum Gasteiger partial charge on any atom is 0.327 e. The van der Waals surface area contributed by atoms with Crippen molar-refractivity contribution < 1.29 is 0 Å². The molecule has 1 heterocycles. The maximum absolute atomic E-state index is 11.6. The van der Waals surface area contributed by atoms with Crippen LogP contribution in [0.5, 0.6) is 0 Å². The van der Waals surface area contributed by atoms with Crippen LogP contribution in [0.4, 0.5) is 0 Å². The molecule has 1 aromatic heterocycles. The SMILES string of the molecule is CCCNC(C)CCCCn1ccn(C)c1=O. The van der Waals surface area contributed by atoms with Crippen molar-refractivity contribution >= 4 is 0 Å². The first kappa shape index (κ1) is 14.0. The van der Waals surface area contributed by atoms with E-state index in [0.717, 1.165) is 19.5 Å². The number of hydrogen-bond acceptors (Lipinski definition) is 2. The van der Waals surface area contributed by atoms with E-state index in [2.05, 4.69) is 19.2 Å². The number of nitrogens with zero attached hydrogens (tertiary/aromatic N) is 2. The van der Waals surface area contributed by atoms with Crippen LogP contribution >= 0.6 is 0 Å². The number of rotatable bonds is 8. The fraction of sp³-hybridized carbons (Fsp3) is 0.769. The Balaban J connectivity index is 2.16. The molecule has 1 atom stereocenters. The summed E-state index contributed by atoms with van der Waals surface area (Å²) in [5.41, 5.74) is 0.0853. The number of unbranched alkanes of at least 4 members (excludes halogenated alkanes) is 1. The molecule has 1 rings (SSSR count). The van der Waals surface area contributed by atoms with Crippen LogP contribution in [-0.2, 0) is 13.6 Å². The van der Waals surface area contributed by atoms with Gasteiger partial charge >= 0.3 is 5.69 Å². The molecule has 4 nitrogen and oxygen atoms in total. The lowest BCUT2D eigenvalue weighted by molar-refractivity contribution is 0.472. The molecule has 0 radical (unpaired) electrons. The Morgan fingerprint density at radius 1 is 1.35 bits per heavy atom. The average molecular weight is 239 g/mol. The molecule has 0 aromatic carbocycles. The molecular weight excluding hydrogens is 214 g/mol. The normalized spacial score (nSPS) is 12.9. The highest BCUT2D eigenvalue weighted by molar-refractivity contribution is 4.79. The van der Waals surface area contributed by atoms with E-state index in [1.54, 1.807) is 16.2 Å². The molecule has 0 bridgehead atoms. The van der Waals surface area contributed by atoms with E-state index in [1.807, 2.05) is 12.4 Å². The summed E-state index contributed by atoms with van der Waals surface area (Å²) in [5, 5.41) is 3.47. The van der Waals surface area contributed by atoms with E-state index in [-0.39, 0.29) is 5.69 Å². The van der Waals surface area contributed by atoms with Crippen LogP contribution in [0.2, 0.25) is 0 Å². The summed E-state index contributed by atoms with van der Waals surface area (Å²) in [7, 11) is 1.79. The van der Waals surface area contributed by atoms with Crippen LogP contribution < -0.4 is 11.0 Å². The van der Waals surface area contributed by atoms with Crippen molar-refractivity contribution in [3.05, 3.63) is 22.9 Å². The first-order valence-electron chi connectivity index (χ1n) is 6.60. The Bertz CT molecular complexity index is 367. The van der Waals surface area contributed by atoms with Gasteiger partial charge in [-0.2, -0.15) is 0 Å². The minimum Gasteiger partial charge on any atom is -0.314 e. The van der Waals surface area contributed by atoms with Crippen molar-refractivity contribution in [2.45, 2.75) is 52.1 Å². The monoisotopic (exact) mass is 239 g/mol. The van der Waals surface area contributed by atoms with Gasteiger partial charge in [0.05, 0.1) is 0 Å². The van der Waals surface area contributed by atoms with Crippen molar-refractivity contribution in [2.75, 3.05) is 6.54 Å². The number of nitrogens with one attached hydrogen (secondary N) is 1. The van der Waals surface area contributed by atoms with E-state index < -0.39 is 0 Å². The minimum atomic E-state index is 0.0853. The molecule has 1 unspecified atom stereocenters. The van der Waals surface area contributed by atoms with Crippen LogP contribution in [-0.4, -0.2) is 21.7 Å². The van der Waals surface area contributed by atoms with E-state index >= 15 is 0 Å². The lowest BCUT2D eigenvalue weighted by atomic mass is 10.1. The third-order valence-electron chi connectivity index (χ3n) is 3.05. The zero-order valence-electron chi connectivity index (χ0n) is 11.3. The summed E-state index contributed by atoms with van der Waals surface area (Å²) in [6.45, 7) is 6.34. The molecule has 17 heavy (non-hydrogen) atoms. The Labute approximate surface area is 104 Å². The van der Waals surface area contributed by atoms with Crippen LogP contribution in [0.25, 0.3) is 0 Å². The molecule has 0 fully saturated rings. The summed E-state index contributed by atoms with van der Waals surface area (Å²) in [6, 6.07) is 0.586. The molecule has 0 saturated heterocycles. The fourth-order valence-electron chi connectivity index (χ4n) is 1.91. The van der Waals surface area contributed by atoms with Crippen molar-refractivity contribution in [1.82, 2.24) is 14.5 Å². The summed E-state index contributed by atoms with van der Waals surface area (Å²) in [6.07, 6.45) is 8.28. The van der Waals surface area contributed by atoms with Crippen LogP contribution in [0.15, 0.2) is 17.2 Å². The summed E-state index contributed by atoms with van der Waals surface area (Å²) >= 11 is 0. The van der Waals surface area contributed by atoms with E-state index in [4.69, 9.17) is 0 Å². The highest BCUT2D eigenvalue weighted by atomic mass is 16.1. The number of aromatic nitrogens is 2. The van der Waals surface area contributed by atoms with Gasteiger partial charge in [0.1, 0.15) is 0 Å². The third kappa shape index (κ3) is 4.77. The van der Waals surface area contributed by atoms with E-state index in [1.165, 1.54) is 19.3 Å². The molecule has 0 aliphatic heterocycles. The zero-order chi connectivity index (χ0) is 12.7. The first-order chi connectivity index (χ1) is 8.15. The summed E-state index contributed by atoms with van der Waals surface area (Å²) < 4.78 is 3.40. The van der Waals surface area contributed by atoms with Gasteiger partial charge in [-0.15, -0.1) is 0 Å². The third-order valence-corrected chi connectivity index (χ3v) is 3.05. The zero-order valence-corrected chi connectivity index (χ0v) is 11.3. The maximum atomic E-state index is 11.6. The number of aryl methyl sites for hydroxylation is 2. The quantitative estimate of drug-likeness (QED) is 0.702. The van der Waals surface area contributed by atoms with E-state index in [9.17, 15) is 4.79 Å². The Morgan fingerprint density at radius 3 is 2.71 bits per heavy atom. The highest BCUT2D eigenvalue weighted by Gasteiger charge is 2.02. The molecule has 0 aliphatic rings. The lowest BCUT2D eigenvalue weighted by Gasteiger charge is -2.12. The number of imidazole rings is 1. The second-order valence-corrected chi connectivity index (χ2v) is 4.74. The molecule has 0 saturated carbocycles. The predicted molar refractivity (Wildman–Crippen MR) is 71.3 cm³/mol. The van der Waals surface area contributed by atoms with Gasteiger partial charge < -0.3 is 9.88 Å². The second kappa shape index (κ2) is 7.33. The Hall–Kier alpha value is -1.03. The predicted octanol–water partition coefficient (Wildman–Crippen LogP) is 1.75. The summed E-state index contributed by atoms with van der Waals surface area (Å²) in [5.74, 6) is 0. The minimum absolute atomic E-state index is 0.0853. The van der Waals surface area contributed by atoms with Gasteiger partial charge in [-0.3, -0.25) is 4.57 Å². The molecule has 0 amide bonds. The van der Waals surface area contributed by atoms with Crippen LogP contribution in [0.1, 0.15) is 39.5 Å². The van der Waals surface area contributed by atoms with Gasteiger partial charge in [0.15, 0.2) is 0 Å². The van der Waals surface area contributed by atoms with Gasteiger partial charge in [0.25, 0.3) is 0 Å². The van der Waals surface area contributed by atoms with Gasteiger partial charge in [0.2, 0.25) is 0 Å². The molecule has 4 heteroatoms. The van der Waals surface area contributed by atoms with Gasteiger partial charge in [-0.05, 0) is 32.7 Å². The van der Waals surface area contributed by atoms with Crippen molar-refractivity contribution in [3.63, 3.8) is 0 Å². The van der Waals surface area contributed by atoms with Crippen LogP contribution in [0, 0.1) is 0 Å². The lowest BCUT2D eigenvalue weighted by Crippen LogP contribution is -2.26. The van der Waals surface area contributed by atoms with Crippen LogP contribution in [0.3, 0.4) is 0 Å². The average Bonchev–Trinajstić information content (AvgIpc) is 2.63. The van der Waals surface area contributed by atoms with Gasteiger partial charge in [-0.25, -0.2) is 4.79 Å². The van der Waals surface area contributed by atoms with Gasteiger partial charge in [0, 0.05) is 32.0 Å². The molecule has 0 aliphatic carbocycles. The largest absolute Gasteiger partial charge is 0.327 e. The molecular formula is C13H25N3O. The molecule has 1 aromatic rings. The highest BCUT2D eigenvalue weighted by Crippen LogP contribution is 2.02. The van der Waals surface area contributed by atoms with Crippen molar-refractivity contribution in [2.24, 2.45) is 7.05 Å². The van der Waals surface area contributed by atoms with Crippen molar-refractivity contribution in [3.8, 4) is 0 Å². The van der Waals surface area contributed by atoms with E-state index in [0.29, 0.717) is 6.04 Å². The fourth-order valence-corrected chi connectivity index (χ4v) is 1.91. The Kier molecular flexibility index (Phi) is 6.05. The first-order valence-corrected chi connectivity index (χ1v) is 6.60. The number of hydrogen-bond donors (Lipinski definition) is 1. The smallest absolute Gasteiger partial charge is 0.314 e.